The topological polar surface area (TPSA) is 152 Å². The molecule has 0 heterocycles. The molecule has 0 bridgehead atoms. The highest BCUT2D eigenvalue weighted by molar-refractivity contribution is 6.26. The van der Waals surface area contributed by atoms with Crippen molar-refractivity contribution in [1.29, 1.82) is 0 Å². The maximum absolute atomic E-state index is 13.0. The van der Waals surface area contributed by atoms with Crippen LogP contribution >= 0.6 is 0 Å². The number of nitrogens with zero attached hydrogens (tertiary/aromatic N) is 2. The van der Waals surface area contributed by atoms with Gasteiger partial charge in [-0.05, 0) is 47.9 Å². The monoisotopic (exact) mass is 580 g/mol. The van der Waals surface area contributed by atoms with Crippen LogP contribution in [0.1, 0.15) is 79.1 Å². The molecule has 3 rings (SSSR count). The predicted octanol–water partition coefficient (Wildman–Crippen LogP) is 6.14. The molecule has 0 unspecified atom stereocenters. The van der Waals surface area contributed by atoms with Gasteiger partial charge in [-0.25, -0.2) is 0 Å². The molecule has 0 aliphatic heterocycles. The zero-order valence-corrected chi connectivity index (χ0v) is 25.2. The molecule has 0 aromatic heterocycles. The van der Waals surface area contributed by atoms with E-state index in [1.54, 1.807) is 24.3 Å². The number of hydrogen-bond donors (Lipinski definition) is 2. The van der Waals surface area contributed by atoms with Gasteiger partial charge in [-0.3, -0.25) is 29.2 Å². The van der Waals surface area contributed by atoms with E-state index in [-0.39, 0.29) is 83.6 Å². The summed E-state index contributed by atoms with van der Waals surface area (Å²) in [6.45, 7) is 7.84. The summed E-state index contributed by atoms with van der Waals surface area (Å²) < 4.78 is 9.29. The van der Waals surface area contributed by atoms with Gasteiger partial charge in [-0.15, -0.1) is 0 Å². The second-order valence-electron chi connectivity index (χ2n) is 12.3. The van der Waals surface area contributed by atoms with E-state index in [4.69, 9.17) is 9.98 Å². The lowest BCUT2D eigenvalue weighted by Gasteiger charge is -2.31. The van der Waals surface area contributed by atoms with E-state index < -0.39 is 11.9 Å². The minimum atomic E-state index is -0.487. The van der Waals surface area contributed by atoms with E-state index in [9.17, 15) is 29.4 Å². The van der Waals surface area contributed by atoms with Gasteiger partial charge in [0, 0.05) is 25.7 Å². The third-order valence-corrected chi connectivity index (χ3v) is 7.25. The van der Waals surface area contributed by atoms with Crippen LogP contribution in [0.15, 0.2) is 56.9 Å². The zero-order valence-electron chi connectivity index (χ0n) is 25.2. The fraction of sp³-hybridized carbons (Fsp3) is 0.500. The molecule has 1 aromatic carbocycles. The highest BCUT2D eigenvalue weighted by Crippen LogP contribution is 2.38. The molecule has 0 atom stereocenters. The highest BCUT2D eigenvalue weighted by atomic mass is 16.5. The Balaban J connectivity index is 1.96. The molecule has 1 aromatic rings. The molecule has 0 amide bonds. The number of aliphatic hydroxyl groups is 2. The minimum absolute atomic E-state index is 0.0268. The molecule has 0 spiro atoms. The van der Waals surface area contributed by atoms with Crippen LogP contribution in [0.25, 0.3) is 0 Å². The Bertz CT molecular complexity index is 1270. The average molecular weight is 581 g/mol. The predicted molar refractivity (Wildman–Crippen MR) is 158 cm³/mol. The summed E-state index contributed by atoms with van der Waals surface area (Å²) in [5, 5.41) is 21.4. The Kier molecular flexibility index (Phi) is 10.2. The quantitative estimate of drug-likeness (QED) is 0.211. The lowest BCUT2D eigenvalue weighted by atomic mass is 9.73. The van der Waals surface area contributed by atoms with Crippen LogP contribution in [0.2, 0.25) is 0 Å². The number of ether oxygens (including phenoxy) is 2. The highest BCUT2D eigenvalue weighted by Gasteiger charge is 2.37. The SMILES string of the molecule is COC(=O)CCC(O)=C1C(=O)CC(C)(C)CC1=Nc1ccc(N=C2CC(C)(C)CC(=O)C2=C(O)CCC(=O)OC)cc1. The third-order valence-electron chi connectivity index (χ3n) is 7.25. The molecular weight excluding hydrogens is 540 g/mol. The van der Waals surface area contributed by atoms with E-state index in [0.717, 1.165) is 0 Å². The summed E-state index contributed by atoms with van der Waals surface area (Å²) in [6.07, 6.45) is 1.24. The van der Waals surface area contributed by atoms with E-state index in [1.807, 2.05) is 27.7 Å². The van der Waals surface area contributed by atoms with Crippen molar-refractivity contribution >= 4 is 46.3 Å². The number of allylic oxidation sites excluding steroid dienone is 4. The van der Waals surface area contributed by atoms with Crippen LogP contribution in [0.5, 0.6) is 0 Å². The van der Waals surface area contributed by atoms with Gasteiger partial charge >= 0.3 is 11.9 Å². The standard InChI is InChI=1S/C32H40N2O8/c1-31(2)15-21(29(25(37)17-31)23(35)11-13-27(39)41-5)33-19-7-9-20(10-8-19)34-22-16-32(3,4)18-26(38)30(22)24(36)12-14-28(40)42-6/h7-10,35-36H,11-18H2,1-6H3. The molecular formula is C32H40N2O8. The van der Waals surface area contributed by atoms with Gasteiger partial charge in [0.25, 0.3) is 0 Å². The first-order valence-corrected chi connectivity index (χ1v) is 13.9. The molecule has 10 nitrogen and oxygen atoms in total. The number of aliphatic hydroxyl groups excluding tert-OH is 2. The van der Waals surface area contributed by atoms with Crippen LogP contribution < -0.4 is 0 Å². The number of carbonyl (C=O) groups excluding carboxylic acids is 4. The van der Waals surface area contributed by atoms with Crippen LogP contribution in [-0.4, -0.2) is 59.4 Å². The maximum atomic E-state index is 13.0. The number of aliphatic imine (C=N–C) groups is 2. The first kappa shape index (κ1) is 32.4. The van der Waals surface area contributed by atoms with Crippen LogP contribution in [0.4, 0.5) is 11.4 Å². The number of methoxy groups -OCH3 is 2. The Hall–Kier alpha value is -4.08. The van der Waals surface area contributed by atoms with Gasteiger partial charge in [-0.1, -0.05) is 27.7 Å². The van der Waals surface area contributed by atoms with Crippen molar-refractivity contribution in [1.82, 2.24) is 0 Å². The Morgan fingerprint density at radius 1 is 0.667 bits per heavy atom. The first-order chi connectivity index (χ1) is 19.6. The number of ketones is 2. The summed E-state index contributed by atoms with van der Waals surface area (Å²) in [4.78, 5) is 58.5. The lowest BCUT2D eigenvalue weighted by Crippen LogP contribution is -2.32. The number of Topliss-reactive ketones (excluding diaryl/α,β-unsaturated/α-hetero) is 2. The summed E-state index contributed by atoms with van der Waals surface area (Å²) >= 11 is 0. The first-order valence-electron chi connectivity index (χ1n) is 13.9. The molecule has 2 fully saturated rings. The van der Waals surface area contributed by atoms with E-state index in [2.05, 4.69) is 9.47 Å². The number of hydrogen-bond acceptors (Lipinski definition) is 10. The maximum Gasteiger partial charge on any atom is 0.305 e. The van der Waals surface area contributed by atoms with Crippen LogP contribution in [0.3, 0.4) is 0 Å². The Morgan fingerprint density at radius 3 is 1.31 bits per heavy atom. The molecule has 10 heteroatoms. The lowest BCUT2D eigenvalue weighted by molar-refractivity contribution is -0.141. The third kappa shape index (κ3) is 8.47. The molecule has 2 aliphatic carbocycles. The molecule has 0 radical (unpaired) electrons. The molecule has 2 N–H and O–H groups in total. The van der Waals surface area contributed by atoms with Gasteiger partial charge in [0.2, 0.25) is 0 Å². The molecule has 226 valence electrons. The van der Waals surface area contributed by atoms with E-state index >= 15 is 0 Å². The summed E-state index contributed by atoms with van der Waals surface area (Å²) in [6, 6.07) is 6.88. The molecule has 2 saturated carbocycles. The molecule has 2 aliphatic rings. The van der Waals surface area contributed by atoms with Gasteiger partial charge in [0.15, 0.2) is 11.6 Å². The largest absolute Gasteiger partial charge is 0.511 e. The van der Waals surface area contributed by atoms with Crippen LogP contribution in [0, 0.1) is 10.8 Å². The number of esters is 2. The summed E-state index contributed by atoms with van der Waals surface area (Å²) in [5.74, 6) is -1.80. The van der Waals surface area contributed by atoms with Crippen molar-refractivity contribution in [2.75, 3.05) is 14.2 Å². The van der Waals surface area contributed by atoms with Crippen molar-refractivity contribution in [3.8, 4) is 0 Å². The fourth-order valence-electron chi connectivity index (χ4n) is 5.23. The van der Waals surface area contributed by atoms with Gasteiger partial charge < -0.3 is 19.7 Å². The van der Waals surface area contributed by atoms with Gasteiger partial charge in [0.1, 0.15) is 11.5 Å². The molecule has 0 saturated heterocycles. The van der Waals surface area contributed by atoms with Crippen molar-refractivity contribution < 1.29 is 38.9 Å². The van der Waals surface area contributed by atoms with Crippen LogP contribution in [-0.2, 0) is 28.7 Å². The van der Waals surface area contributed by atoms with Crippen molar-refractivity contribution in [2.24, 2.45) is 20.8 Å². The van der Waals surface area contributed by atoms with E-state index in [0.29, 0.717) is 35.6 Å². The van der Waals surface area contributed by atoms with Gasteiger partial charge in [-0.2, -0.15) is 0 Å². The minimum Gasteiger partial charge on any atom is -0.511 e. The summed E-state index contributed by atoms with van der Waals surface area (Å²) in [5.41, 5.74) is 1.53. The Morgan fingerprint density at radius 2 is 1.00 bits per heavy atom. The number of carbonyl (C=O) groups is 4. The zero-order chi connectivity index (χ0) is 31.2. The molecule has 42 heavy (non-hydrogen) atoms. The average Bonchev–Trinajstić information content (AvgIpc) is 2.89. The number of rotatable bonds is 8. The second kappa shape index (κ2) is 13.3. The fourth-order valence-corrected chi connectivity index (χ4v) is 5.23. The smallest absolute Gasteiger partial charge is 0.305 e. The van der Waals surface area contributed by atoms with Crippen molar-refractivity contribution in [3.63, 3.8) is 0 Å². The van der Waals surface area contributed by atoms with Crippen molar-refractivity contribution in [2.45, 2.75) is 79.1 Å². The second-order valence-corrected chi connectivity index (χ2v) is 12.3. The van der Waals surface area contributed by atoms with Crippen molar-refractivity contribution in [3.05, 3.63) is 46.9 Å². The Labute approximate surface area is 246 Å². The van der Waals surface area contributed by atoms with E-state index in [1.165, 1.54) is 14.2 Å². The summed E-state index contributed by atoms with van der Waals surface area (Å²) in [7, 11) is 2.53. The number of benzene rings is 1. The normalized spacial score (nSPS) is 22.6. The van der Waals surface area contributed by atoms with Gasteiger partial charge in [0.05, 0.1) is 61.0 Å².